The average molecular weight is 271 g/mol. The molecule has 0 amide bonds. The van der Waals surface area contributed by atoms with E-state index >= 15 is 0 Å². The molecule has 0 saturated carbocycles. The highest BCUT2D eigenvalue weighted by Crippen LogP contribution is 2.21. The molecular formula is C15H21N5. The molecule has 5 nitrogen and oxygen atoms in total. The molecule has 1 aliphatic rings. The maximum Gasteiger partial charge on any atom is 0.145 e. The van der Waals surface area contributed by atoms with Crippen LogP contribution in [-0.2, 0) is 6.54 Å². The Labute approximate surface area is 119 Å². The van der Waals surface area contributed by atoms with E-state index in [0.29, 0.717) is 5.82 Å². The van der Waals surface area contributed by atoms with Crippen LogP contribution < -0.4 is 11.1 Å². The molecule has 1 aliphatic heterocycles. The molecule has 0 aliphatic carbocycles. The second-order valence-corrected chi connectivity index (χ2v) is 5.95. The normalized spacial score (nSPS) is 19.3. The van der Waals surface area contributed by atoms with E-state index in [9.17, 15) is 0 Å². The molecule has 5 heteroatoms. The van der Waals surface area contributed by atoms with Gasteiger partial charge in [-0.2, -0.15) is 0 Å². The van der Waals surface area contributed by atoms with Crippen molar-refractivity contribution in [3.05, 3.63) is 30.1 Å². The number of nitrogens with one attached hydrogen (secondary N) is 1. The van der Waals surface area contributed by atoms with Crippen molar-refractivity contribution in [2.24, 2.45) is 0 Å². The van der Waals surface area contributed by atoms with Crippen LogP contribution in [0.1, 0.15) is 19.7 Å². The molecule has 0 atom stereocenters. The van der Waals surface area contributed by atoms with Gasteiger partial charge in [-0.05, 0) is 26.0 Å². The zero-order chi connectivity index (χ0) is 14.2. The van der Waals surface area contributed by atoms with E-state index in [1.807, 2.05) is 24.3 Å². The van der Waals surface area contributed by atoms with Gasteiger partial charge in [0, 0.05) is 30.6 Å². The lowest BCUT2D eigenvalue weighted by Gasteiger charge is -2.42. The molecule has 1 fully saturated rings. The molecule has 106 valence electrons. The zero-order valence-electron chi connectivity index (χ0n) is 12.1. The number of hydrogen-bond acceptors (Lipinski definition) is 5. The van der Waals surface area contributed by atoms with Crippen molar-refractivity contribution in [3.8, 4) is 0 Å². The number of nitrogens with two attached hydrogens (primary N) is 1. The number of aromatic nitrogens is 2. The van der Waals surface area contributed by atoms with Gasteiger partial charge < -0.3 is 11.1 Å². The quantitative estimate of drug-likeness (QED) is 0.864. The number of rotatable bonds is 2. The Morgan fingerprint density at radius 1 is 1.30 bits per heavy atom. The van der Waals surface area contributed by atoms with E-state index < -0.39 is 0 Å². The van der Waals surface area contributed by atoms with E-state index in [-0.39, 0.29) is 5.54 Å². The molecule has 1 aromatic heterocycles. The van der Waals surface area contributed by atoms with Crippen LogP contribution in [-0.4, -0.2) is 40.0 Å². The van der Waals surface area contributed by atoms with Crippen LogP contribution in [0.3, 0.4) is 0 Å². The van der Waals surface area contributed by atoms with Crippen LogP contribution in [0.4, 0.5) is 5.82 Å². The molecule has 1 saturated heterocycles. The van der Waals surface area contributed by atoms with Crippen LogP contribution in [0.15, 0.2) is 24.3 Å². The predicted octanol–water partition coefficient (Wildman–Crippen LogP) is 1.40. The Kier molecular flexibility index (Phi) is 3.31. The lowest BCUT2D eigenvalue weighted by molar-refractivity contribution is 0.0801. The van der Waals surface area contributed by atoms with Crippen LogP contribution in [0, 0.1) is 0 Å². The van der Waals surface area contributed by atoms with Gasteiger partial charge in [0.05, 0.1) is 12.1 Å². The topological polar surface area (TPSA) is 67.1 Å². The SMILES string of the molecule is CC1(C)CNCCN1Cc1nc(N)c2ccccc2n1. The summed E-state index contributed by atoms with van der Waals surface area (Å²) in [6, 6.07) is 7.89. The van der Waals surface area contributed by atoms with Crippen molar-refractivity contribution < 1.29 is 0 Å². The Bertz CT molecular complexity index is 623. The standard InChI is InChI=1S/C15H21N5/c1-15(2)10-17-7-8-20(15)9-13-18-12-6-4-3-5-11(12)14(16)19-13/h3-6,17H,7-10H2,1-2H3,(H2,16,18,19). The molecular weight excluding hydrogens is 250 g/mol. The smallest absolute Gasteiger partial charge is 0.145 e. The van der Waals surface area contributed by atoms with E-state index in [2.05, 4.69) is 34.0 Å². The second kappa shape index (κ2) is 5.00. The summed E-state index contributed by atoms with van der Waals surface area (Å²) in [6.45, 7) is 8.21. The minimum atomic E-state index is 0.113. The van der Waals surface area contributed by atoms with Crippen LogP contribution >= 0.6 is 0 Å². The van der Waals surface area contributed by atoms with Gasteiger partial charge in [0.2, 0.25) is 0 Å². The predicted molar refractivity (Wildman–Crippen MR) is 81.3 cm³/mol. The van der Waals surface area contributed by atoms with Crippen molar-refractivity contribution in [2.75, 3.05) is 25.4 Å². The number of hydrogen-bond donors (Lipinski definition) is 2. The van der Waals surface area contributed by atoms with Crippen LogP contribution in [0.2, 0.25) is 0 Å². The third-order valence-electron chi connectivity index (χ3n) is 3.98. The summed E-state index contributed by atoms with van der Waals surface area (Å²) in [7, 11) is 0. The first-order chi connectivity index (χ1) is 9.56. The number of nitrogens with zero attached hydrogens (tertiary/aromatic N) is 3. The minimum Gasteiger partial charge on any atom is -0.383 e. The summed E-state index contributed by atoms with van der Waals surface area (Å²) < 4.78 is 0. The highest BCUT2D eigenvalue weighted by Gasteiger charge is 2.30. The van der Waals surface area contributed by atoms with Crippen molar-refractivity contribution >= 4 is 16.7 Å². The number of benzene rings is 1. The Morgan fingerprint density at radius 2 is 2.10 bits per heavy atom. The van der Waals surface area contributed by atoms with Crippen LogP contribution in [0.25, 0.3) is 10.9 Å². The third-order valence-corrected chi connectivity index (χ3v) is 3.98. The van der Waals surface area contributed by atoms with Gasteiger partial charge in [-0.3, -0.25) is 4.90 Å². The fourth-order valence-corrected chi connectivity index (χ4v) is 2.71. The van der Waals surface area contributed by atoms with Gasteiger partial charge in [-0.25, -0.2) is 9.97 Å². The molecule has 0 bridgehead atoms. The number of nitrogen functional groups attached to an aromatic ring is 1. The Morgan fingerprint density at radius 3 is 2.90 bits per heavy atom. The van der Waals surface area contributed by atoms with Crippen molar-refractivity contribution in [3.63, 3.8) is 0 Å². The van der Waals surface area contributed by atoms with Crippen molar-refractivity contribution in [2.45, 2.75) is 25.9 Å². The maximum atomic E-state index is 6.05. The average Bonchev–Trinajstić information content (AvgIpc) is 2.41. The molecule has 3 N–H and O–H groups in total. The van der Waals surface area contributed by atoms with E-state index in [0.717, 1.165) is 42.9 Å². The molecule has 0 spiro atoms. The molecule has 0 unspecified atom stereocenters. The lowest BCUT2D eigenvalue weighted by atomic mass is 10.0. The summed E-state index contributed by atoms with van der Waals surface area (Å²) in [6.07, 6.45) is 0. The first-order valence-corrected chi connectivity index (χ1v) is 7.03. The summed E-state index contributed by atoms with van der Waals surface area (Å²) in [5, 5.41) is 4.35. The minimum absolute atomic E-state index is 0.113. The number of para-hydroxylation sites is 1. The maximum absolute atomic E-state index is 6.05. The highest BCUT2D eigenvalue weighted by molar-refractivity contribution is 5.87. The van der Waals surface area contributed by atoms with Gasteiger partial charge in [0.1, 0.15) is 11.6 Å². The fourth-order valence-electron chi connectivity index (χ4n) is 2.71. The number of piperazine rings is 1. The molecule has 0 radical (unpaired) electrons. The monoisotopic (exact) mass is 271 g/mol. The number of fused-ring (bicyclic) bond motifs is 1. The molecule has 20 heavy (non-hydrogen) atoms. The summed E-state index contributed by atoms with van der Waals surface area (Å²) in [5.41, 5.74) is 7.08. The summed E-state index contributed by atoms with van der Waals surface area (Å²) in [5.74, 6) is 1.37. The molecule has 2 heterocycles. The molecule has 3 rings (SSSR count). The Hall–Kier alpha value is -1.72. The lowest BCUT2D eigenvalue weighted by Crippen LogP contribution is -2.57. The van der Waals surface area contributed by atoms with E-state index in [1.165, 1.54) is 0 Å². The van der Waals surface area contributed by atoms with Crippen LogP contribution in [0.5, 0.6) is 0 Å². The molecule has 2 aromatic rings. The zero-order valence-corrected chi connectivity index (χ0v) is 12.1. The third kappa shape index (κ3) is 2.46. The van der Waals surface area contributed by atoms with Gasteiger partial charge in [-0.1, -0.05) is 12.1 Å². The molecule has 1 aromatic carbocycles. The van der Waals surface area contributed by atoms with Gasteiger partial charge in [0.15, 0.2) is 0 Å². The second-order valence-electron chi connectivity index (χ2n) is 5.95. The summed E-state index contributed by atoms with van der Waals surface area (Å²) in [4.78, 5) is 11.5. The van der Waals surface area contributed by atoms with Gasteiger partial charge in [0.25, 0.3) is 0 Å². The van der Waals surface area contributed by atoms with E-state index in [1.54, 1.807) is 0 Å². The number of anilines is 1. The van der Waals surface area contributed by atoms with Crippen molar-refractivity contribution in [1.82, 2.24) is 20.2 Å². The van der Waals surface area contributed by atoms with E-state index in [4.69, 9.17) is 5.73 Å². The summed E-state index contributed by atoms with van der Waals surface area (Å²) >= 11 is 0. The first-order valence-electron chi connectivity index (χ1n) is 7.03. The Balaban J connectivity index is 1.91. The van der Waals surface area contributed by atoms with Gasteiger partial charge >= 0.3 is 0 Å². The highest BCUT2D eigenvalue weighted by atomic mass is 15.3. The largest absolute Gasteiger partial charge is 0.383 e. The van der Waals surface area contributed by atoms with Gasteiger partial charge in [-0.15, -0.1) is 0 Å². The van der Waals surface area contributed by atoms with Crippen molar-refractivity contribution in [1.29, 1.82) is 0 Å². The first kappa shape index (κ1) is 13.3. The fraction of sp³-hybridized carbons (Fsp3) is 0.467.